The lowest BCUT2D eigenvalue weighted by molar-refractivity contribution is -0.161. The molecule has 0 aliphatic rings. The number of carbonyl (C=O) groups is 2. The standard InChI is InChI=1S/C41H71O11P/c1-3-5-7-8-9-10-11-12-13-14-15-16-17-22-26-32-41(46)52-37(35-51-53(47,48)49)34-50-40(45)33-27-31-39(44)38(43)30-25-21-19-18-20-24-29-36(42)28-23-6-4-2/h6,18-21,23-25,29-30,36-39,42-44H,3-5,7-17,22,26-28,31-35H2,1-2H3,(H2,47,48,49)/b20-18+,21-19-,23-6-,29-24+,30-25-/t36-,37-,38+,39+/m1/s1. The van der Waals surface area contributed by atoms with Gasteiger partial charge < -0.3 is 34.6 Å². The van der Waals surface area contributed by atoms with E-state index in [4.69, 9.17) is 19.3 Å². The highest BCUT2D eigenvalue weighted by atomic mass is 31.2. The Kier molecular flexibility index (Phi) is 33.8. The molecule has 0 aromatic heterocycles. The molecule has 0 fully saturated rings. The first-order valence-electron chi connectivity index (χ1n) is 19.9. The van der Waals surface area contributed by atoms with Gasteiger partial charge in [-0.3, -0.25) is 14.1 Å². The number of esters is 2. The van der Waals surface area contributed by atoms with Gasteiger partial charge in [0.15, 0.2) is 6.10 Å². The third kappa shape index (κ3) is 36.4. The third-order valence-electron chi connectivity index (χ3n) is 8.39. The zero-order chi connectivity index (χ0) is 39.4. The van der Waals surface area contributed by atoms with Crippen molar-refractivity contribution < 1.29 is 53.3 Å². The fraction of sp³-hybridized carbons (Fsp3) is 0.707. The molecule has 11 nitrogen and oxygen atoms in total. The molecule has 0 radical (unpaired) electrons. The summed E-state index contributed by atoms with van der Waals surface area (Å²) >= 11 is 0. The molecule has 0 aliphatic heterocycles. The molecule has 0 heterocycles. The van der Waals surface area contributed by atoms with Gasteiger partial charge in [0.1, 0.15) is 6.61 Å². The largest absolute Gasteiger partial charge is 0.469 e. The van der Waals surface area contributed by atoms with Gasteiger partial charge in [0, 0.05) is 12.8 Å². The average Bonchev–Trinajstić information content (AvgIpc) is 3.11. The topological polar surface area (TPSA) is 180 Å². The Morgan fingerprint density at radius 3 is 1.68 bits per heavy atom. The van der Waals surface area contributed by atoms with Crippen molar-refractivity contribution in [1.29, 1.82) is 0 Å². The number of ether oxygens (including phenoxy) is 2. The zero-order valence-electron chi connectivity index (χ0n) is 32.5. The lowest BCUT2D eigenvalue weighted by Crippen LogP contribution is -2.29. The van der Waals surface area contributed by atoms with E-state index in [2.05, 4.69) is 11.4 Å². The van der Waals surface area contributed by atoms with E-state index in [0.717, 1.165) is 25.7 Å². The van der Waals surface area contributed by atoms with Crippen LogP contribution in [0.1, 0.15) is 149 Å². The van der Waals surface area contributed by atoms with Gasteiger partial charge in [-0.2, -0.15) is 0 Å². The van der Waals surface area contributed by atoms with Crippen molar-refractivity contribution in [2.45, 2.75) is 173 Å². The number of allylic oxidation sites excluding steroid dienone is 7. The summed E-state index contributed by atoms with van der Waals surface area (Å²) in [5, 5.41) is 30.2. The summed E-state index contributed by atoms with van der Waals surface area (Å²) in [6, 6.07) is 0. The summed E-state index contributed by atoms with van der Waals surface area (Å²) in [6.07, 6.45) is 33.2. The number of unbranched alkanes of at least 4 members (excludes halogenated alkanes) is 14. The van der Waals surface area contributed by atoms with Crippen molar-refractivity contribution in [3.8, 4) is 0 Å². The second-order valence-electron chi connectivity index (χ2n) is 13.5. The van der Waals surface area contributed by atoms with Crippen LogP contribution in [0.5, 0.6) is 0 Å². The molecule has 0 aromatic rings. The quantitative estimate of drug-likeness (QED) is 0.0137. The van der Waals surface area contributed by atoms with Gasteiger partial charge >= 0.3 is 19.8 Å². The van der Waals surface area contributed by atoms with Crippen molar-refractivity contribution in [2.24, 2.45) is 0 Å². The molecular weight excluding hydrogens is 699 g/mol. The number of phosphoric acid groups is 1. The second-order valence-corrected chi connectivity index (χ2v) is 14.7. The normalized spacial score (nSPS) is 14.9. The highest BCUT2D eigenvalue weighted by Gasteiger charge is 2.23. The lowest BCUT2D eigenvalue weighted by Gasteiger charge is -2.18. The van der Waals surface area contributed by atoms with Crippen molar-refractivity contribution in [1.82, 2.24) is 0 Å². The molecule has 0 aliphatic carbocycles. The van der Waals surface area contributed by atoms with Gasteiger partial charge in [-0.05, 0) is 32.1 Å². The van der Waals surface area contributed by atoms with Gasteiger partial charge in [0.05, 0.1) is 24.9 Å². The third-order valence-corrected chi connectivity index (χ3v) is 8.88. The maximum absolute atomic E-state index is 12.4. The molecule has 0 spiro atoms. The van der Waals surface area contributed by atoms with Crippen LogP contribution >= 0.6 is 7.82 Å². The minimum atomic E-state index is -4.84. The first kappa shape index (κ1) is 50.6. The zero-order valence-corrected chi connectivity index (χ0v) is 33.4. The Morgan fingerprint density at radius 2 is 1.13 bits per heavy atom. The number of aliphatic hydroxyl groups excluding tert-OH is 3. The Hall–Kier alpha value is -2.37. The van der Waals surface area contributed by atoms with E-state index in [0.29, 0.717) is 12.8 Å². The van der Waals surface area contributed by atoms with Crippen LogP contribution in [-0.2, 0) is 28.2 Å². The number of rotatable bonds is 35. The minimum absolute atomic E-state index is 0.0888. The molecule has 53 heavy (non-hydrogen) atoms. The molecule has 0 aromatic carbocycles. The molecular formula is C41H71O11P. The summed E-state index contributed by atoms with van der Waals surface area (Å²) in [4.78, 5) is 42.8. The Labute approximate surface area is 319 Å². The molecule has 12 heteroatoms. The van der Waals surface area contributed by atoms with E-state index in [9.17, 15) is 29.5 Å². The minimum Gasteiger partial charge on any atom is -0.462 e. The van der Waals surface area contributed by atoms with Crippen LogP contribution in [0.25, 0.3) is 0 Å². The lowest BCUT2D eigenvalue weighted by atomic mass is 10.0. The predicted molar refractivity (Wildman–Crippen MR) is 211 cm³/mol. The summed E-state index contributed by atoms with van der Waals surface area (Å²) in [5.74, 6) is -1.22. The van der Waals surface area contributed by atoms with Gasteiger partial charge in [0.25, 0.3) is 0 Å². The monoisotopic (exact) mass is 770 g/mol. The van der Waals surface area contributed by atoms with Gasteiger partial charge in [0.2, 0.25) is 0 Å². The molecule has 0 saturated heterocycles. The fourth-order valence-corrected chi connectivity index (χ4v) is 5.66. The summed E-state index contributed by atoms with van der Waals surface area (Å²) in [5.41, 5.74) is 0. The number of hydrogen-bond acceptors (Lipinski definition) is 9. The molecule has 0 unspecified atom stereocenters. The van der Waals surface area contributed by atoms with Gasteiger partial charge in [-0.15, -0.1) is 0 Å². The van der Waals surface area contributed by atoms with Crippen molar-refractivity contribution in [3.05, 3.63) is 60.8 Å². The van der Waals surface area contributed by atoms with E-state index in [1.165, 1.54) is 76.7 Å². The second kappa shape index (κ2) is 35.3. The van der Waals surface area contributed by atoms with Crippen molar-refractivity contribution in [3.63, 3.8) is 0 Å². The number of carbonyl (C=O) groups excluding carboxylic acids is 2. The molecule has 0 bridgehead atoms. The molecule has 306 valence electrons. The number of aliphatic hydroxyl groups is 3. The smallest absolute Gasteiger partial charge is 0.462 e. The highest BCUT2D eigenvalue weighted by Crippen LogP contribution is 2.36. The predicted octanol–water partition coefficient (Wildman–Crippen LogP) is 8.65. The van der Waals surface area contributed by atoms with E-state index in [1.807, 2.05) is 19.1 Å². The molecule has 0 saturated carbocycles. The molecule has 0 amide bonds. The van der Waals surface area contributed by atoms with Crippen LogP contribution in [-0.4, -0.2) is 74.7 Å². The number of phosphoric ester groups is 1. The van der Waals surface area contributed by atoms with Crippen LogP contribution in [0.2, 0.25) is 0 Å². The Morgan fingerprint density at radius 1 is 0.623 bits per heavy atom. The van der Waals surface area contributed by atoms with Crippen LogP contribution in [0.3, 0.4) is 0 Å². The van der Waals surface area contributed by atoms with Crippen LogP contribution < -0.4 is 0 Å². The molecule has 4 atom stereocenters. The molecule has 0 rings (SSSR count). The Bertz CT molecular complexity index is 1100. The van der Waals surface area contributed by atoms with E-state index in [1.54, 1.807) is 42.5 Å². The average molecular weight is 771 g/mol. The maximum Gasteiger partial charge on any atom is 0.469 e. The van der Waals surface area contributed by atoms with Gasteiger partial charge in [-0.1, -0.05) is 164 Å². The number of hydrogen-bond donors (Lipinski definition) is 5. The van der Waals surface area contributed by atoms with E-state index < -0.39 is 57.4 Å². The van der Waals surface area contributed by atoms with E-state index in [-0.39, 0.29) is 25.7 Å². The van der Waals surface area contributed by atoms with E-state index >= 15 is 0 Å². The highest BCUT2D eigenvalue weighted by molar-refractivity contribution is 7.46. The van der Waals surface area contributed by atoms with Crippen molar-refractivity contribution >= 4 is 19.8 Å². The van der Waals surface area contributed by atoms with Crippen LogP contribution in [0.15, 0.2) is 60.8 Å². The Balaban J connectivity index is 4.29. The summed E-state index contributed by atoms with van der Waals surface area (Å²) in [7, 11) is -4.84. The summed E-state index contributed by atoms with van der Waals surface area (Å²) in [6.45, 7) is 3.19. The van der Waals surface area contributed by atoms with Crippen LogP contribution in [0, 0.1) is 0 Å². The summed E-state index contributed by atoms with van der Waals surface area (Å²) < 4.78 is 26.1. The van der Waals surface area contributed by atoms with Gasteiger partial charge in [-0.25, -0.2) is 4.57 Å². The maximum atomic E-state index is 12.4. The SMILES string of the molecule is CC/C=C\C[C@@H](O)/C=C/C=C/C=C\C=C/[C@H](O)[C@@H](O)CCCC(=O)OC[C@H](COP(=O)(O)O)OC(=O)CCCCCCCCCCCCCCCCC. The van der Waals surface area contributed by atoms with Crippen molar-refractivity contribution in [2.75, 3.05) is 13.2 Å². The first-order valence-corrected chi connectivity index (χ1v) is 21.4. The fourth-order valence-electron chi connectivity index (χ4n) is 5.30. The first-order chi connectivity index (χ1) is 25.5. The van der Waals surface area contributed by atoms with Crippen LogP contribution in [0.4, 0.5) is 0 Å². The molecule has 5 N–H and O–H groups in total.